The van der Waals surface area contributed by atoms with E-state index in [0.717, 1.165) is 17.7 Å². The van der Waals surface area contributed by atoms with Crippen molar-refractivity contribution in [2.45, 2.75) is 63.2 Å². The topological polar surface area (TPSA) is 121 Å². The van der Waals surface area contributed by atoms with Gasteiger partial charge in [0.05, 0.1) is 24.0 Å². The van der Waals surface area contributed by atoms with Gasteiger partial charge in [-0.2, -0.15) is 0 Å². The van der Waals surface area contributed by atoms with Gasteiger partial charge in [0.15, 0.2) is 13.9 Å². The molecular weight excluding hydrogens is 622 g/mol. The predicted octanol–water partition coefficient (Wildman–Crippen LogP) is 5.20. The molecule has 46 heavy (non-hydrogen) atoms. The smallest absolute Gasteiger partial charge is 0.264 e. The lowest BCUT2D eigenvalue weighted by molar-refractivity contribution is -0.146. The summed E-state index contributed by atoms with van der Waals surface area (Å²) in [5, 5.41) is 18.1. The van der Waals surface area contributed by atoms with E-state index in [-0.39, 0.29) is 30.5 Å². The molecule has 4 aromatic rings. The fourth-order valence-electron chi connectivity index (χ4n) is 7.26. The Morgan fingerprint density at radius 2 is 1.85 bits per heavy atom. The molecule has 240 valence electrons. The van der Waals surface area contributed by atoms with Crippen LogP contribution in [0, 0.1) is 5.92 Å². The van der Waals surface area contributed by atoms with Gasteiger partial charge < -0.3 is 19.5 Å². The molecule has 3 aromatic carbocycles. The lowest BCUT2D eigenvalue weighted by Crippen LogP contribution is -2.46. The number of carbonyl (C=O) groups excluding carboxylic acids is 2. The van der Waals surface area contributed by atoms with Crippen molar-refractivity contribution >= 4 is 49.3 Å². The van der Waals surface area contributed by atoms with Crippen LogP contribution in [-0.2, 0) is 39.4 Å². The number of fused-ring (bicyclic) bond motifs is 2. The van der Waals surface area contributed by atoms with Gasteiger partial charge in [0, 0.05) is 59.2 Å². The summed E-state index contributed by atoms with van der Waals surface area (Å²) in [5.74, 6) is -0.538. The minimum absolute atomic E-state index is 0.00984. The number of aliphatic hydroxyl groups is 1. The lowest BCUT2D eigenvalue weighted by atomic mass is 9.82. The van der Waals surface area contributed by atoms with Crippen LogP contribution < -0.4 is 9.80 Å². The van der Waals surface area contributed by atoms with Crippen molar-refractivity contribution in [3.63, 3.8) is 0 Å². The van der Waals surface area contributed by atoms with E-state index in [4.69, 9.17) is 16.3 Å². The molecule has 12 heteroatoms. The van der Waals surface area contributed by atoms with Gasteiger partial charge in [-0.3, -0.25) is 19.2 Å². The Kier molecular flexibility index (Phi) is 8.88. The van der Waals surface area contributed by atoms with E-state index >= 15 is 0 Å². The Morgan fingerprint density at radius 1 is 1.09 bits per heavy atom. The van der Waals surface area contributed by atoms with Gasteiger partial charge in [0.1, 0.15) is 0 Å². The lowest BCUT2D eigenvalue weighted by Gasteiger charge is -2.32. The summed E-state index contributed by atoms with van der Waals surface area (Å²) in [5.41, 5.74) is 2.79. The maximum atomic E-state index is 14.8. The normalized spacial score (nSPS) is 22.4. The first-order valence-electron chi connectivity index (χ1n) is 15.5. The quantitative estimate of drug-likeness (QED) is 0.168. The zero-order valence-corrected chi connectivity index (χ0v) is 27.8. The SMILES string of the molecule is C[C@@H]1[C@@H]([Si](C)(C)O)[C@H](CCn2cc(CCO)nn2)O[C@@]12C(=O)N(Cc1cccc(N(C=O)c3ccccc3)c1)c1ccc(Cl)cc12. The molecule has 1 aromatic heterocycles. The monoisotopic (exact) mass is 659 g/mol. The van der Waals surface area contributed by atoms with Gasteiger partial charge in [-0.1, -0.05) is 54.1 Å². The molecule has 1 saturated heterocycles. The molecule has 4 atom stereocenters. The summed E-state index contributed by atoms with van der Waals surface area (Å²) < 4.78 is 8.62. The van der Waals surface area contributed by atoms with Crippen LogP contribution in [0.15, 0.2) is 79.0 Å². The molecule has 6 rings (SSSR count). The first-order valence-corrected chi connectivity index (χ1v) is 18.9. The number of hydrogen-bond donors (Lipinski definition) is 2. The van der Waals surface area contributed by atoms with Gasteiger partial charge in [-0.15, -0.1) is 5.10 Å². The number of aliphatic hydroxyl groups excluding tert-OH is 1. The number of para-hydroxylation sites is 1. The van der Waals surface area contributed by atoms with Crippen molar-refractivity contribution in [1.82, 2.24) is 15.0 Å². The Morgan fingerprint density at radius 3 is 2.57 bits per heavy atom. The van der Waals surface area contributed by atoms with Crippen LogP contribution in [0.1, 0.15) is 30.2 Å². The second-order valence-electron chi connectivity index (χ2n) is 12.6. The third-order valence-electron chi connectivity index (χ3n) is 9.21. The van der Waals surface area contributed by atoms with E-state index in [0.29, 0.717) is 47.0 Å². The van der Waals surface area contributed by atoms with Crippen LogP contribution in [0.2, 0.25) is 23.7 Å². The summed E-state index contributed by atoms with van der Waals surface area (Å²) in [7, 11) is -2.85. The van der Waals surface area contributed by atoms with E-state index in [1.54, 1.807) is 26.7 Å². The summed E-state index contributed by atoms with van der Waals surface area (Å²) in [6, 6.07) is 22.4. The van der Waals surface area contributed by atoms with Crippen molar-refractivity contribution in [2.24, 2.45) is 5.92 Å². The van der Waals surface area contributed by atoms with Crippen molar-refractivity contribution in [3.05, 3.63) is 101 Å². The number of aromatic nitrogens is 3. The van der Waals surface area contributed by atoms with E-state index in [1.165, 1.54) is 0 Å². The Hall–Kier alpha value is -3.87. The maximum absolute atomic E-state index is 14.8. The standard InChI is InChI=1S/C34H38ClN5O5Si/c1-23-32(46(2,3)44)31(14-16-38-21-26(15-17-41)36-37-38)45-34(23)29-19-25(35)12-13-30(29)39(33(34)43)20-24-8-7-11-28(18-24)40(22-42)27-9-5-4-6-10-27/h4-13,18-19,21-23,31-32,41,44H,14-17,20H2,1-3H3/t23-,31+,32-,34+/m1/s1. The summed E-state index contributed by atoms with van der Waals surface area (Å²) in [6.07, 6.45) is 3.10. The molecular formula is C34H38ClN5O5Si. The molecule has 1 fully saturated rings. The number of ether oxygens (including phenoxy) is 1. The molecule has 0 unspecified atom stereocenters. The summed E-state index contributed by atoms with van der Waals surface area (Å²) in [6.45, 7) is 6.51. The highest BCUT2D eigenvalue weighted by atomic mass is 35.5. The van der Waals surface area contributed by atoms with Crippen molar-refractivity contribution in [3.8, 4) is 0 Å². The number of anilines is 3. The number of nitrogens with zero attached hydrogens (tertiary/aromatic N) is 5. The predicted molar refractivity (Wildman–Crippen MR) is 178 cm³/mol. The second-order valence-corrected chi connectivity index (χ2v) is 17.0. The zero-order valence-electron chi connectivity index (χ0n) is 26.1. The molecule has 2 amide bonds. The molecule has 2 aliphatic heterocycles. The Bertz CT molecular complexity index is 1730. The van der Waals surface area contributed by atoms with Crippen LogP contribution in [0.25, 0.3) is 0 Å². The highest BCUT2D eigenvalue weighted by Crippen LogP contribution is 2.60. The fourth-order valence-corrected chi connectivity index (χ4v) is 10.0. The molecule has 3 heterocycles. The number of rotatable bonds is 11. The van der Waals surface area contributed by atoms with Gasteiger partial charge >= 0.3 is 0 Å². The Labute approximate surface area is 274 Å². The van der Waals surface area contributed by atoms with Gasteiger partial charge in [0.2, 0.25) is 6.41 Å². The number of halogens is 1. The van der Waals surface area contributed by atoms with E-state index in [1.807, 2.05) is 86.7 Å². The first kappa shape index (κ1) is 32.1. The van der Waals surface area contributed by atoms with Crippen LogP contribution in [0.4, 0.5) is 17.1 Å². The number of benzene rings is 3. The highest BCUT2D eigenvalue weighted by molar-refractivity contribution is 6.71. The summed E-state index contributed by atoms with van der Waals surface area (Å²) >= 11 is 6.55. The highest BCUT2D eigenvalue weighted by Gasteiger charge is 2.66. The van der Waals surface area contributed by atoms with Gasteiger partial charge in [-0.05, 0) is 67.5 Å². The second kappa shape index (κ2) is 12.7. The molecule has 0 radical (unpaired) electrons. The summed E-state index contributed by atoms with van der Waals surface area (Å²) in [4.78, 5) is 41.8. The molecule has 0 aliphatic carbocycles. The van der Waals surface area contributed by atoms with Crippen molar-refractivity contribution in [1.29, 1.82) is 0 Å². The number of aryl methyl sites for hydroxylation is 1. The van der Waals surface area contributed by atoms with E-state index < -0.39 is 20.0 Å². The van der Waals surface area contributed by atoms with Crippen LogP contribution >= 0.6 is 11.6 Å². The number of hydrogen-bond acceptors (Lipinski definition) is 7. The Balaban J connectivity index is 1.33. The van der Waals surface area contributed by atoms with E-state index in [9.17, 15) is 19.5 Å². The number of amides is 2. The minimum Gasteiger partial charge on any atom is -0.432 e. The van der Waals surface area contributed by atoms with Crippen LogP contribution in [0.5, 0.6) is 0 Å². The molecule has 10 nitrogen and oxygen atoms in total. The average molecular weight is 660 g/mol. The van der Waals surface area contributed by atoms with Crippen LogP contribution in [0.3, 0.4) is 0 Å². The first-order chi connectivity index (χ1) is 22.1. The van der Waals surface area contributed by atoms with Crippen LogP contribution in [-0.4, -0.2) is 58.2 Å². The fraction of sp³-hybridized carbons (Fsp3) is 0.353. The molecule has 2 aliphatic rings. The zero-order chi connectivity index (χ0) is 32.6. The molecule has 0 saturated carbocycles. The molecule has 0 bridgehead atoms. The third-order valence-corrected chi connectivity index (χ3v) is 12.0. The van der Waals surface area contributed by atoms with Crippen molar-refractivity contribution in [2.75, 3.05) is 16.4 Å². The van der Waals surface area contributed by atoms with E-state index in [2.05, 4.69) is 10.3 Å². The van der Waals surface area contributed by atoms with Gasteiger partial charge in [-0.25, -0.2) is 0 Å². The molecule has 1 spiro atoms. The number of carbonyl (C=O) groups is 2. The molecule has 2 N–H and O–H groups in total. The average Bonchev–Trinajstić information content (AvgIpc) is 3.67. The van der Waals surface area contributed by atoms with Crippen molar-refractivity contribution < 1.29 is 24.2 Å². The van der Waals surface area contributed by atoms with Gasteiger partial charge in [0.25, 0.3) is 5.91 Å². The maximum Gasteiger partial charge on any atom is 0.264 e. The minimum atomic E-state index is -2.85. The third kappa shape index (κ3) is 5.78. The largest absolute Gasteiger partial charge is 0.432 e.